The molecule has 8 heteroatoms. The first-order valence-corrected chi connectivity index (χ1v) is 11.1. The number of hydrogen-bond acceptors (Lipinski definition) is 5. The Bertz CT molecular complexity index is 1000. The van der Waals surface area contributed by atoms with Crippen molar-refractivity contribution in [3.63, 3.8) is 0 Å². The highest BCUT2D eigenvalue weighted by Crippen LogP contribution is 2.28. The Morgan fingerprint density at radius 3 is 2.47 bits per heavy atom. The van der Waals surface area contributed by atoms with Gasteiger partial charge in [-0.2, -0.15) is 0 Å². The van der Waals surface area contributed by atoms with Gasteiger partial charge in [-0.15, -0.1) is 0 Å². The number of morpholine rings is 1. The van der Waals surface area contributed by atoms with Crippen molar-refractivity contribution >= 4 is 35.0 Å². The van der Waals surface area contributed by atoms with E-state index in [1.54, 1.807) is 35.2 Å². The third-order valence-corrected chi connectivity index (χ3v) is 6.23. The number of hydrogen-bond donors (Lipinski definition) is 0. The molecule has 2 saturated heterocycles. The molecule has 0 N–H and O–H groups in total. The lowest BCUT2D eigenvalue weighted by Gasteiger charge is -2.32. The van der Waals surface area contributed by atoms with E-state index in [0.29, 0.717) is 42.6 Å². The van der Waals surface area contributed by atoms with Crippen LogP contribution in [0.1, 0.15) is 22.3 Å². The highest BCUT2D eigenvalue weighted by Gasteiger charge is 2.44. The Kier molecular flexibility index (Phi) is 6.89. The van der Waals surface area contributed by atoms with Crippen LogP contribution in [-0.4, -0.2) is 73.0 Å². The molecular weight excluding hydrogens is 430 g/mol. The summed E-state index contributed by atoms with van der Waals surface area (Å²) in [5.74, 6) is -0.946. The maximum atomic E-state index is 13.5. The van der Waals surface area contributed by atoms with Crippen LogP contribution in [-0.2, 0) is 14.3 Å². The minimum atomic E-state index is -0.841. The number of halogens is 1. The van der Waals surface area contributed by atoms with Crippen LogP contribution in [0.5, 0.6) is 0 Å². The van der Waals surface area contributed by atoms with Crippen molar-refractivity contribution in [2.24, 2.45) is 0 Å². The molecule has 2 aliphatic heterocycles. The van der Waals surface area contributed by atoms with Gasteiger partial charge < -0.3 is 9.64 Å². The maximum absolute atomic E-state index is 13.5. The number of carbonyl (C=O) groups is 3. The Balaban J connectivity index is 1.60. The number of amides is 3. The molecule has 2 fully saturated rings. The first-order chi connectivity index (χ1) is 15.5. The van der Waals surface area contributed by atoms with E-state index in [1.807, 2.05) is 25.1 Å². The molecule has 4 rings (SSSR count). The van der Waals surface area contributed by atoms with Crippen molar-refractivity contribution in [2.75, 3.05) is 44.3 Å². The molecule has 2 aromatic carbocycles. The zero-order chi connectivity index (χ0) is 22.7. The number of anilines is 1. The predicted molar refractivity (Wildman–Crippen MR) is 122 cm³/mol. The summed E-state index contributed by atoms with van der Waals surface area (Å²) >= 11 is 5.95. The van der Waals surface area contributed by atoms with Crippen molar-refractivity contribution in [1.29, 1.82) is 0 Å². The van der Waals surface area contributed by atoms with Crippen LogP contribution in [0.2, 0.25) is 5.02 Å². The van der Waals surface area contributed by atoms with Gasteiger partial charge in [-0.05, 0) is 42.8 Å². The van der Waals surface area contributed by atoms with Crippen LogP contribution in [0.15, 0.2) is 48.5 Å². The first kappa shape index (κ1) is 22.5. The summed E-state index contributed by atoms with van der Waals surface area (Å²) in [6.45, 7) is 5.69. The summed E-state index contributed by atoms with van der Waals surface area (Å²) in [6, 6.07) is 13.0. The minimum absolute atomic E-state index is 0.0395. The lowest BCUT2D eigenvalue weighted by Crippen LogP contribution is -2.49. The van der Waals surface area contributed by atoms with Crippen molar-refractivity contribution < 1.29 is 19.1 Å². The molecule has 2 aromatic rings. The molecule has 7 nitrogen and oxygen atoms in total. The van der Waals surface area contributed by atoms with E-state index in [4.69, 9.17) is 16.3 Å². The van der Waals surface area contributed by atoms with Gasteiger partial charge in [0.25, 0.3) is 11.8 Å². The molecule has 1 unspecified atom stereocenters. The van der Waals surface area contributed by atoms with Crippen LogP contribution in [0, 0.1) is 6.92 Å². The number of nitrogens with zero attached hydrogens (tertiary/aromatic N) is 3. The molecule has 0 bridgehead atoms. The molecule has 0 spiro atoms. The van der Waals surface area contributed by atoms with Crippen LogP contribution in [0.25, 0.3) is 0 Å². The van der Waals surface area contributed by atoms with E-state index in [9.17, 15) is 14.4 Å². The van der Waals surface area contributed by atoms with E-state index in [-0.39, 0.29) is 24.1 Å². The molecule has 2 heterocycles. The second kappa shape index (κ2) is 9.81. The number of benzene rings is 2. The fraction of sp³-hybridized carbons (Fsp3) is 0.375. The van der Waals surface area contributed by atoms with E-state index in [0.717, 1.165) is 23.6 Å². The standard InChI is InChI=1S/C24H26ClN3O4/c1-17-4-2-3-5-20(17)23(30)27(11-10-26-12-14-32-15-13-26)21-16-22(29)28(24(21)31)19-8-6-18(25)7-9-19/h2-9,21H,10-16H2,1H3. The van der Waals surface area contributed by atoms with E-state index in [1.165, 1.54) is 0 Å². The van der Waals surface area contributed by atoms with Crippen molar-refractivity contribution in [3.8, 4) is 0 Å². The third-order valence-electron chi connectivity index (χ3n) is 5.98. The average molecular weight is 456 g/mol. The lowest BCUT2D eigenvalue weighted by atomic mass is 10.1. The molecule has 0 radical (unpaired) electrons. The molecular formula is C24H26ClN3O4. The number of aryl methyl sites for hydroxylation is 1. The smallest absolute Gasteiger partial charge is 0.257 e. The van der Waals surface area contributed by atoms with Gasteiger partial charge in [0, 0.05) is 36.8 Å². The molecule has 1 atom stereocenters. The molecule has 168 valence electrons. The second-order valence-corrected chi connectivity index (χ2v) is 8.47. The summed E-state index contributed by atoms with van der Waals surface area (Å²) in [4.78, 5) is 44.7. The van der Waals surface area contributed by atoms with Gasteiger partial charge in [0.15, 0.2) is 0 Å². The Morgan fingerprint density at radius 2 is 1.78 bits per heavy atom. The molecule has 0 aromatic heterocycles. The topological polar surface area (TPSA) is 70.2 Å². The molecule has 0 saturated carbocycles. The summed E-state index contributed by atoms with van der Waals surface area (Å²) in [5, 5.41) is 0.520. The second-order valence-electron chi connectivity index (χ2n) is 8.03. The van der Waals surface area contributed by atoms with Gasteiger partial charge >= 0.3 is 0 Å². The van der Waals surface area contributed by atoms with E-state index < -0.39 is 6.04 Å². The Labute approximate surface area is 192 Å². The normalized spacial score (nSPS) is 19.4. The van der Waals surface area contributed by atoms with Gasteiger partial charge in [-0.3, -0.25) is 19.3 Å². The highest BCUT2D eigenvalue weighted by atomic mass is 35.5. The summed E-state index contributed by atoms with van der Waals surface area (Å²) < 4.78 is 5.40. The minimum Gasteiger partial charge on any atom is -0.379 e. The monoisotopic (exact) mass is 455 g/mol. The maximum Gasteiger partial charge on any atom is 0.257 e. The Hall–Kier alpha value is -2.74. The Morgan fingerprint density at radius 1 is 1.09 bits per heavy atom. The number of ether oxygens (including phenoxy) is 1. The van der Waals surface area contributed by atoms with Gasteiger partial charge in [-0.25, -0.2) is 4.90 Å². The van der Waals surface area contributed by atoms with E-state index >= 15 is 0 Å². The van der Waals surface area contributed by atoms with Gasteiger partial charge in [-0.1, -0.05) is 29.8 Å². The predicted octanol–water partition coefficient (Wildman–Crippen LogP) is 2.75. The van der Waals surface area contributed by atoms with Crippen LogP contribution < -0.4 is 4.90 Å². The molecule has 0 aliphatic carbocycles. The third kappa shape index (κ3) is 4.70. The number of imide groups is 1. The number of carbonyl (C=O) groups excluding carboxylic acids is 3. The zero-order valence-electron chi connectivity index (χ0n) is 18.0. The first-order valence-electron chi connectivity index (χ1n) is 10.7. The van der Waals surface area contributed by atoms with Crippen molar-refractivity contribution in [3.05, 3.63) is 64.7 Å². The van der Waals surface area contributed by atoms with Gasteiger partial charge in [0.2, 0.25) is 5.91 Å². The molecule has 32 heavy (non-hydrogen) atoms. The van der Waals surface area contributed by atoms with E-state index in [2.05, 4.69) is 4.90 Å². The number of rotatable bonds is 6. The zero-order valence-corrected chi connectivity index (χ0v) is 18.8. The molecule has 3 amide bonds. The van der Waals surface area contributed by atoms with Gasteiger partial charge in [0.1, 0.15) is 6.04 Å². The quantitative estimate of drug-likeness (QED) is 0.626. The van der Waals surface area contributed by atoms with Crippen LogP contribution in [0.3, 0.4) is 0 Å². The average Bonchev–Trinajstić information content (AvgIpc) is 3.09. The lowest BCUT2D eigenvalue weighted by molar-refractivity contribution is -0.122. The summed E-state index contributed by atoms with van der Waals surface area (Å²) in [5.41, 5.74) is 1.84. The SMILES string of the molecule is Cc1ccccc1C(=O)N(CCN1CCOCC1)C1CC(=O)N(c2ccc(Cl)cc2)C1=O. The molecule has 2 aliphatic rings. The summed E-state index contributed by atoms with van der Waals surface area (Å²) in [6.07, 6.45) is -0.0395. The van der Waals surface area contributed by atoms with Crippen molar-refractivity contribution in [1.82, 2.24) is 9.80 Å². The van der Waals surface area contributed by atoms with Crippen molar-refractivity contribution in [2.45, 2.75) is 19.4 Å². The van der Waals surface area contributed by atoms with Gasteiger partial charge in [0.05, 0.1) is 25.3 Å². The van der Waals surface area contributed by atoms with Crippen LogP contribution >= 0.6 is 11.6 Å². The fourth-order valence-corrected chi connectivity index (χ4v) is 4.29. The van der Waals surface area contributed by atoms with Crippen LogP contribution in [0.4, 0.5) is 5.69 Å². The highest BCUT2D eigenvalue weighted by molar-refractivity contribution is 6.31. The largest absolute Gasteiger partial charge is 0.379 e. The summed E-state index contributed by atoms with van der Waals surface area (Å²) in [7, 11) is 0. The fourth-order valence-electron chi connectivity index (χ4n) is 4.16.